The number of hydrogen-bond donors (Lipinski definition) is 0. The molecule has 2 aliphatic rings. The quantitative estimate of drug-likeness (QED) is 0.557. The standard InChI is InChI=1S/C25H39NO3S/c1-4-5-6-20-7-13-23(14-8-20)25(27)26(24-15-16-30(28,29)18-24)17-21-9-11-22(12-10-21)19(2)3/h9-12,19-20,23-24H,4-8,13-18H2,1-3H3/t20?,23?,24-/m1/s1. The van der Waals surface area contributed by atoms with Crippen molar-refractivity contribution in [3.05, 3.63) is 35.4 Å². The van der Waals surface area contributed by atoms with E-state index in [0.717, 1.165) is 37.2 Å². The van der Waals surface area contributed by atoms with Crippen molar-refractivity contribution < 1.29 is 13.2 Å². The van der Waals surface area contributed by atoms with Gasteiger partial charge in [0.15, 0.2) is 9.84 Å². The van der Waals surface area contributed by atoms with Crippen LogP contribution in [0.15, 0.2) is 24.3 Å². The topological polar surface area (TPSA) is 54.5 Å². The zero-order valence-corrected chi connectivity index (χ0v) is 19.8. The molecule has 2 fully saturated rings. The third kappa shape index (κ3) is 6.09. The Bertz CT molecular complexity index is 792. The summed E-state index contributed by atoms with van der Waals surface area (Å²) in [6.45, 7) is 7.10. The fourth-order valence-corrected chi connectivity index (χ4v) is 6.77. The fourth-order valence-electron chi connectivity index (χ4n) is 5.04. The normalized spacial score (nSPS) is 26.1. The van der Waals surface area contributed by atoms with E-state index in [1.807, 2.05) is 4.90 Å². The Labute approximate surface area is 183 Å². The summed E-state index contributed by atoms with van der Waals surface area (Å²) in [5.74, 6) is 1.80. The van der Waals surface area contributed by atoms with Gasteiger partial charge in [-0.3, -0.25) is 4.79 Å². The van der Waals surface area contributed by atoms with Crippen LogP contribution in [0.2, 0.25) is 0 Å². The van der Waals surface area contributed by atoms with Gasteiger partial charge >= 0.3 is 0 Å². The Hall–Kier alpha value is -1.36. The van der Waals surface area contributed by atoms with Gasteiger partial charge in [-0.2, -0.15) is 0 Å². The first-order valence-electron chi connectivity index (χ1n) is 11.9. The molecule has 0 radical (unpaired) electrons. The maximum Gasteiger partial charge on any atom is 0.226 e. The van der Waals surface area contributed by atoms with Crippen LogP contribution in [0.25, 0.3) is 0 Å². The van der Waals surface area contributed by atoms with E-state index in [1.54, 1.807) is 0 Å². The van der Waals surface area contributed by atoms with Gasteiger partial charge in [0, 0.05) is 18.5 Å². The SMILES string of the molecule is CCCCC1CCC(C(=O)N(Cc2ccc(C(C)C)cc2)[C@@H]2CCS(=O)(=O)C2)CC1. The van der Waals surface area contributed by atoms with Crippen molar-refractivity contribution in [3.8, 4) is 0 Å². The molecule has 1 saturated heterocycles. The van der Waals surface area contributed by atoms with E-state index in [0.29, 0.717) is 18.9 Å². The maximum atomic E-state index is 13.5. The molecule has 5 heteroatoms. The first-order chi connectivity index (χ1) is 14.3. The van der Waals surface area contributed by atoms with Crippen molar-refractivity contribution in [1.29, 1.82) is 0 Å². The van der Waals surface area contributed by atoms with Crippen LogP contribution in [0.4, 0.5) is 0 Å². The Morgan fingerprint density at radius 3 is 2.27 bits per heavy atom. The summed E-state index contributed by atoms with van der Waals surface area (Å²) in [6, 6.07) is 8.28. The number of rotatable bonds is 8. The predicted molar refractivity (Wildman–Crippen MR) is 123 cm³/mol. The van der Waals surface area contributed by atoms with Gasteiger partial charge in [-0.1, -0.05) is 64.3 Å². The summed E-state index contributed by atoms with van der Waals surface area (Å²) in [4.78, 5) is 15.4. The maximum absolute atomic E-state index is 13.5. The molecule has 0 bridgehead atoms. The predicted octanol–water partition coefficient (Wildman–Crippen LogP) is 5.32. The molecule has 0 unspecified atom stereocenters. The van der Waals surface area contributed by atoms with Gasteiger partial charge < -0.3 is 4.90 Å². The second kappa shape index (κ2) is 10.3. The number of carbonyl (C=O) groups excluding carboxylic acids is 1. The molecule has 0 spiro atoms. The van der Waals surface area contributed by atoms with Crippen molar-refractivity contribution in [2.45, 2.75) is 90.6 Å². The number of sulfone groups is 1. The monoisotopic (exact) mass is 433 g/mol. The highest BCUT2D eigenvalue weighted by molar-refractivity contribution is 7.91. The Kier molecular flexibility index (Phi) is 8.00. The average Bonchev–Trinajstić information content (AvgIpc) is 3.10. The van der Waals surface area contributed by atoms with E-state index in [-0.39, 0.29) is 29.4 Å². The van der Waals surface area contributed by atoms with E-state index in [2.05, 4.69) is 45.0 Å². The summed E-state index contributed by atoms with van der Waals surface area (Å²) < 4.78 is 24.2. The lowest BCUT2D eigenvalue weighted by molar-refractivity contribution is -0.139. The minimum Gasteiger partial charge on any atom is -0.334 e. The van der Waals surface area contributed by atoms with E-state index in [1.165, 1.54) is 24.8 Å². The second-order valence-corrected chi connectivity index (χ2v) is 12.0. The highest BCUT2D eigenvalue weighted by Crippen LogP contribution is 2.34. The van der Waals surface area contributed by atoms with Gasteiger partial charge in [0.2, 0.25) is 5.91 Å². The van der Waals surface area contributed by atoms with Crippen molar-refractivity contribution >= 4 is 15.7 Å². The minimum absolute atomic E-state index is 0.0566. The number of carbonyl (C=O) groups is 1. The van der Waals surface area contributed by atoms with Crippen LogP contribution in [0.3, 0.4) is 0 Å². The number of nitrogens with zero attached hydrogens (tertiary/aromatic N) is 1. The molecule has 1 saturated carbocycles. The van der Waals surface area contributed by atoms with Crippen molar-refractivity contribution in [1.82, 2.24) is 4.90 Å². The van der Waals surface area contributed by atoms with Gasteiger partial charge in [0.05, 0.1) is 11.5 Å². The molecule has 1 amide bonds. The van der Waals surface area contributed by atoms with Crippen LogP contribution in [0.1, 0.15) is 89.2 Å². The minimum atomic E-state index is -3.03. The third-order valence-electron chi connectivity index (χ3n) is 7.09. The molecule has 30 heavy (non-hydrogen) atoms. The molecule has 1 aliphatic carbocycles. The summed E-state index contributed by atoms with van der Waals surface area (Å²) in [7, 11) is -3.03. The molecule has 0 N–H and O–H groups in total. The van der Waals surface area contributed by atoms with Gasteiger partial charge in [-0.05, 0) is 55.1 Å². The largest absolute Gasteiger partial charge is 0.334 e. The summed E-state index contributed by atoms with van der Waals surface area (Å²) in [5, 5.41) is 0. The Morgan fingerprint density at radius 1 is 1.07 bits per heavy atom. The molecular weight excluding hydrogens is 394 g/mol. The van der Waals surface area contributed by atoms with Crippen molar-refractivity contribution in [3.63, 3.8) is 0 Å². The lowest BCUT2D eigenvalue weighted by Gasteiger charge is -2.35. The van der Waals surface area contributed by atoms with Crippen LogP contribution < -0.4 is 0 Å². The van der Waals surface area contributed by atoms with Gasteiger partial charge in [-0.15, -0.1) is 0 Å². The third-order valence-corrected chi connectivity index (χ3v) is 8.84. The van der Waals surface area contributed by atoms with Crippen molar-refractivity contribution in [2.24, 2.45) is 11.8 Å². The summed E-state index contributed by atoms with van der Waals surface area (Å²) in [5.41, 5.74) is 2.37. The van der Waals surface area contributed by atoms with Crippen LogP contribution in [0.5, 0.6) is 0 Å². The lowest BCUT2D eigenvalue weighted by Crippen LogP contribution is -2.44. The second-order valence-electron chi connectivity index (χ2n) is 9.78. The van der Waals surface area contributed by atoms with Crippen LogP contribution in [-0.2, 0) is 21.2 Å². The van der Waals surface area contributed by atoms with Crippen molar-refractivity contribution in [2.75, 3.05) is 11.5 Å². The molecular formula is C25H39NO3S. The van der Waals surface area contributed by atoms with Crippen LogP contribution >= 0.6 is 0 Å². The van der Waals surface area contributed by atoms with E-state index < -0.39 is 9.84 Å². The molecule has 1 aromatic carbocycles. The zero-order chi connectivity index (χ0) is 21.7. The fraction of sp³-hybridized carbons (Fsp3) is 0.720. The number of hydrogen-bond acceptors (Lipinski definition) is 3. The van der Waals surface area contributed by atoms with Gasteiger partial charge in [-0.25, -0.2) is 8.42 Å². The Morgan fingerprint density at radius 2 is 1.73 bits per heavy atom. The molecule has 4 nitrogen and oxygen atoms in total. The number of unbranched alkanes of at least 4 members (excludes halogenated alkanes) is 1. The molecule has 3 rings (SSSR count). The molecule has 1 atom stereocenters. The van der Waals surface area contributed by atoms with Gasteiger partial charge in [0.1, 0.15) is 0 Å². The molecule has 1 heterocycles. The zero-order valence-electron chi connectivity index (χ0n) is 19.0. The molecule has 0 aromatic heterocycles. The smallest absolute Gasteiger partial charge is 0.226 e. The average molecular weight is 434 g/mol. The highest BCUT2D eigenvalue weighted by atomic mass is 32.2. The van der Waals surface area contributed by atoms with Crippen LogP contribution in [0, 0.1) is 11.8 Å². The molecule has 1 aliphatic heterocycles. The highest BCUT2D eigenvalue weighted by Gasteiger charge is 2.38. The molecule has 1 aromatic rings. The first-order valence-corrected chi connectivity index (χ1v) is 13.7. The number of benzene rings is 1. The Balaban J connectivity index is 1.70. The van der Waals surface area contributed by atoms with E-state index in [4.69, 9.17) is 0 Å². The van der Waals surface area contributed by atoms with Gasteiger partial charge in [0.25, 0.3) is 0 Å². The summed E-state index contributed by atoms with van der Waals surface area (Å²) >= 11 is 0. The lowest BCUT2D eigenvalue weighted by atomic mass is 9.79. The number of amides is 1. The molecule has 168 valence electrons. The first kappa shape index (κ1) is 23.3. The van der Waals surface area contributed by atoms with Crippen LogP contribution in [-0.4, -0.2) is 36.8 Å². The van der Waals surface area contributed by atoms with E-state index >= 15 is 0 Å². The van der Waals surface area contributed by atoms with E-state index in [9.17, 15) is 13.2 Å². The summed E-state index contributed by atoms with van der Waals surface area (Å²) in [6.07, 6.45) is 8.55.